The third kappa shape index (κ3) is 4.88. The monoisotopic (exact) mass is 297 g/mol. The highest BCUT2D eigenvalue weighted by molar-refractivity contribution is 5.74. The Hall–Kier alpha value is -1.30. The van der Waals surface area contributed by atoms with Crippen molar-refractivity contribution in [3.8, 4) is 0 Å². The van der Waals surface area contributed by atoms with Gasteiger partial charge in [-0.2, -0.15) is 0 Å². The van der Waals surface area contributed by atoms with Crippen molar-refractivity contribution in [2.45, 2.75) is 32.1 Å². The summed E-state index contributed by atoms with van der Waals surface area (Å²) >= 11 is 0. The number of hydrogen-bond donors (Lipinski definition) is 1. The second-order valence-electron chi connectivity index (χ2n) is 6.31. The van der Waals surface area contributed by atoms with Crippen molar-refractivity contribution < 1.29 is 14.7 Å². The highest BCUT2D eigenvalue weighted by atomic mass is 16.4. The molecule has 21 heavy (non-hydrogen) atoms. The average molecular weight is 297 g/mol. The van der Waals surface area contributed by atoms with Gasteiger partial charge in [0, 0.05) is 39.1 Å². The van der Waals surface area contributed by atoms with Crippen molar-refractivity contribution >= 4 is 12.0 Å². The molecule has 2 aliphatic rings. The minimum atomic E-state index is -0.742. The van der Waals surface area contributed by atoms with E-state index in [9.17, 15) is 9.59 Å². The number of aliphatic carboxylic acids is 1. The Morgan fingerprint density at radius 2 is 1.81 bits per heavy atom. The number of piperidine rings is 1. The molecule has 0 saturated carbocycles. The van der Waals surface area contributed by atoms with E-state index in [0.29, 0.717) is 12.3 Å². The number of amides is 2. The van der Waals surface area contributed by atoms with Crippen LogP contribution in [0.2, 0.25) is 0 Å². The molecule has 2 aliphatic heterocycles. The lowest BCUT2D eigenvalue weighted by Crippen LogP contribution is -2.48. The Morgan fingerprint density at radius 3 is 2.57 bits per heavy atom. The van der Waals surface area contributed by atoms with Crippen molar-refractivity contribution in [1.29, 1.82) is 0 Å². The normalized spacial score (nSPS) is 24.7. The molecule has 0 aromatic carbocycles. The van der Waals surface area contributed by atoms with Crippen LogP contribution in [0, 0.1) is 5.92 Å². The van der Waals surface area contributed by atoms with Gasteiger partial charge in [0.15, 0.2) is 0 Å². The predicted molar refractivity (Wildman–Crippen MR) is 80.2 cm³/mol. The molecule has 1 unspecified atom stereocenters. The molecule has 6 heteroatoms. The molecular weight excluding hydrogens is 270 g/mol. The van der Waals surface area contributed by atoms with E-state index >= 15 is 0 Å². The van der Waals surface area contributed by atoms with Gasteiger partial charge in [-0.25, -0.2) is 4.79 Å². The summed E-state index contributed by atoms with van der Waals surface area (Å²) < 4.78 is 0. The maximum atomic E-state index is 12.6. The maximum Gasteiger partial charge on any atom is 0.320 e. The quantitative estimate of drug-likeness (QED) is 0.853. The topological polar surface area (TPSA) is 64.1 Å². The fourth-order valence-electron chi connectivity index (χ4n) is 3.24. The smallest absolute Gasteiger partial charge is 0.320 e. The number of hydrogen-bond acceptors (Lipinski definition) is 3. The third-order valence-electron chi connectivity index (χ3n) is 4.55. The van der Waals surface area contributed by atoms with Gasteiger partial charge in [0.25, 0.3) is 0 Å². The number of nitrogens with zero attached hydrogens (tertiary/aromatic N) is 3. The SMILES string of the molecule is CN1CCCN(C(=O)N2CCCC(CCC(=O)O)C2)CC1. The molecule has 120 valence electrons. The lowest BCUT2D eigenvalue weighted by atomic mass is 9.93. The number of carbonyl (C=O) groups excluding carboxylic acids is 1. The molecule has 0 radical (unpaired) electrons. The molecule has 0 spiro atoms. The van der Waals surface area contributed by atoms with E-state index in [1.807, 2.05) is 9.80 Å². The van der Waals surface area contributed by atoms with E-state index in [1.54, 1.807) is 0 Å². The van der Waals surface area contributed by atoms with Crippen molar-refractivity contribution in [3.05, 3.63) is 0 Å². The molecule has 6 nitrogen and oxygen atoms in total. The van der Waals surface area contributed by atoms with Gasteiger partial charge in [0.2, 0.25) is 0 Å². The zero-order chi connectivity index (χ0) is 15.2. The summed E-state index contributed by atoms with van der Waals surface area (Å²) in [5.41, 5.74) is 0. The van der Waals surface area contributed by atoms with Crippen LogP contribution in [-0.2, 0) is 4.79 Å². The number of likely N-dealkylation sites (tertiary alicyclic amines) is 1. The van der Waals surface area contributed by atoms with Crippen LogP contribution in [-0.4, -0.2) is 78.1 Å². The first-order valence-corrected chi connectivity index (χ1v) is 8.00. The first-order valence-electron chi connectivity index (χ1n) is 8.00. The van der Waals surface area contributed by atoms with Gasteiger partial charge in [0.05, 0.1) is 0 Å². The number of carbonyl (C=O) groups is 2. The van der Waals surface area contributed by atoms with E-state index in [4.69, 9.17) is 5.11 Å². The van der Waals surface area contributed by atoms with Gasteiger partial charge < -0.3 is 19.8 Å². The number of urea groups is 1. The Labute approximate surface area is 126 Å². The Morgan fingerprint density at radius 1 is 1.05 bits per heavy atom. The van der Waals surface area contributed by atoms with E-state index in [-0.39, 0.29) is 12.5 Å². The minimum absolute atomic E-state index is 0.144. The van der Waals surface area contributed by atoms with Gasteiger partial charge in [-0.1, -0.05) is 0 Å². The molecule has 1 N–H and O–H groups in total. The largest absolute Gasteiger partial charge is 0.481 e. The van der Waals surface area contributed by atoms with Gasteiger partial charge in [-0.15, -0.1) is 0 Å². The Kier molecular flexibility index (Phi) is 5.85. The average Bonchev–Trinajstić information content (AvgIpc) is 2.69. The Balaban J connectivity index is 1.84. The lowest BCUT2D eigenvalue weighted by molar-refractivity contribution is -0.137. The van der Waals surface area contributed by atoms with Gasteiger partial charge in [-0.05, 0) is 45.2 Å². The van der Waals surface area contributed by atoms with E-state index < -0.39 is 5.97 Å². The molecule has 2 saturated heterocycles. The summed E-state index contributed by atoms with van der Waals surface area (Å²) in [5, 5.41) is 8.79. The van der Waals surface area contributed by atoms with E-state index in [1.165, 1.54) is 0 Å². The van der Waals surface area contributed by atoms with Crippen LogP contribution in [0.1, 0.15) is 32.1 Å². The van der Waals surface area contributed by atoms with Crippen LogP contribution in [0.25, 0.3) is 0 Å². The number of rotatable bonds is 3. The highest BCUT2D eigenvalue weighted by Crippen LogP contribution is 2.22. The van der Waals surface area contributed by atoms with Gasteiger partial charge in [-0.3, -0.25) is 4.79 Å². The van der Waals surface area contributed by atoms with Gasteiger partial charge >= 0.3 is 12.0 Å². The molecule has 0 aromatic rings. The van der Waals surface area contributed by atoms with Crippen molar-refractivity contribution in [2.24, 2.45) is 5.92 Å². The first kappa shape index (κ1) is 16.1. The third-order valence-corrected chi connectivity index (χ3v) is 4.55. The molecule has 0 bridgehead atoms. The summed E-state index contributed by atoms with van der Waals surface area (Å²) in [6, 6.07) is 0.144. The second kappa shape index (κ2) is 7.64. The number of likely N-dealkylation sites (N-methyl/N-ethyl adjacent to an activating group) is 1. The molecule has 2 amide bonds. The van der Waals surface area contributed by atoms with Crippen LogP contribution in [0.15, 0.2) is 0 Å². The first-order chi connectivity index (χ1) is 10.1. The standard InChI is InChI=1S/C15H27N3O3/c1-16-7-3-9-17(11-10-16)15(21)18-8-2-4-13(12-18)5-6-14(19)20/h13H,2-12H2,1H3,(H,19,20). The number of carboxylic acid groups (broad SMARTS) is 1. The van der Waals surface area contributed by atoms with E-state index in [2.05, 4.69) is 11.9 Å². The zero-order valence-electron chi connectivity index (χ0n) is 13.0. The van der Waals surface area contributed by atoms with Crippen LogP contribution < -0.4 is 0 Å². The summed E-state index contributed by atoms with van der Waals surface area (Å²) in [6.07, 6.45) is 3.95. The molecule has 2 rings (SSSR count). The highest BCUT2D eigenvalue weighted by Gasteiger charge is 2.28. The lowest BCUT2D eigenvalue weighted by Gasteiger charge is -2.36. The van der Waals surface area contributed by atoms with Crippen molar-refractivity contribution in [3.63, 3.8) is 0 Å². The van der Waals surface area contributed by atoms with Crippen LogP contribution in [0.3, 0.4) is 0 Å². The summed E-state index contributed by atoms with van der Waals surface area (Å²) in [4.78, 5) is 29.4. The Bertz CT molecular complexity index is 375. The summed E-state index contributed by atoms with van der Waals surface area (Å²) in [5.74, 6) is -0.401. The van der Waals surface area contributed by atoms with E-state index in [0.717, 1.165) is 58.5 Å². The molecule has 2 heterocycles. The minimum Gasteiger partial charge on any atom is -0.481 e. The fraction of sp³-hybridized carbons (Fsp3) is 0.867. The molecule has 0 aromatic heterocycles. The van der Waals surface area contributed by atoms with Crippen molar-refractivity contribution in [1.82, 2.24) is 14.7 Å². The molecule has 1 atom stereocenters. The maximum absolute atomic E-state index is 12.6. The fourth-order valence-corrected chi connectivity index (χ4v) is 3.24. The molecule has 0 aliphatic carbocycles. The van der Waals surface area contributed by atoms with Gasteiger partial charge in [0.1, 0.15) is 0 Å². The predicted octanol–water partition coefficient (Wildman–Crippen LogP) is 1.32. The number of carboxylic acids is 1. The van der Waals surface area contributed by atoms with Crippen molar-refractivity contribution in [2.75, 3.05) is 46.3 Å². The van der Waals surface area contributed by atoms with Crippen LogP contribution in [0.4, 0.5) is 4.79 Å². The second-order valence-corrected chi connectivity index (χ2v) is 6.31. The molecular formula is C15H27N3O3. The molecule has 2 fully saturated rings. The summed E-state index contributed by atoms with van der Waals surface area (Å²) in [7, 11) is 2.09. The van der Waals surface area contributed by atoms with Crippen LogP contribution in [0.5, 0.6) is 0 Å². The van der Waals surface area contributed by atoms with Crippen LogP contribution >= 0.6 is 0 Å². The zero-order valence-corrected chi connectivity index (χ0v) is 13.0. The summed E-state index contributed by atoms with van der Waals surface area (Å²) in [6.45, 7) is 5.14.